The van der Waals surface area contributed by atoms with E-state index in [1.165, 1.54) is 35.1 Å². The third kappa shape index (κ3) is 2.56. The smallest absolute Gasteiger partial charge is 0.0644 e. The molecule has 19 heavy (non-hydrogen) atoms. The molecule has 0 saturated carbocycles. The molecular weight excluding hydrogens is 234 g/mol. The first-order chi connectivity index (χ1) is 9.24. The van der Waals surface area contributed by atoms with Gasteiger partial charge >= 0.3 is 0 Å². The number of aromatic nitrogens is 2. The number of piperidine rings is 1. The second-order valence-corrected chi connectivity index (χ2v) is 5.51. The minimum Gasteiger partial charge on any atom is -0.315 e. The number of nitrogens with one attached hydrogen (secondary N) is 1. The molecule has 1 unspecified atom stereocenters. The highest BCUT2D eigenvalue weighted by Crippen LogP contribution is 2.24. The molecule has 1 aromatic carbocycles. The Labute approximate surface area is 114 Å². The molecule has 2 aromatic rings. The summed E-state index contributed by atoms with van der Waals surface area (Å²) in [6.07, 6.45) is 6.63. The average Bonchev–Trinajstić information content (AvgIpc) is 2.93. The fraction of sp³-hybridized carbons (Fsp3) is 0.438. The Balaban J connectivity index is 1.85. The van der Waals surface area contributed by atoms with E-state index >= 15 is 0 Å². The van der Waals surface area contributed by atoms with Gasteiger partial charge in [0.2, 0.25) is 0 Å². The van der Waals surface area contributed by atoms with Gasteiger partial charge in [-0.05, 0) is 49.9 Å². The van der Waals surface area contributed by atoms with Crippen molar-refractivity contribution in [2.75, 3.05) is 13.1 Å². The Kier molecular flexibility index (Phi) is 3.38. The van der Waals surface area contributed by atoms with Gasteiger partial charge in [0.1, 0.15) is 0 Å². The van der Waals surface area contributed by atoms with E-state index in [9.17, 15) is 0 Å². The van der Waals surface area contributed by atoms with Crippen LogP contribution in [0.25, 0.3) is 11.1 Å². The Hall–Kier alpha value is -1.61. The number of benzene rings is 1. The van der Waals surface area contributed by atoms with Crippen LogP contribution in [0.3, 0.4) is 0 Å². The Bertz CT molecular complexity index is 565. The van der Waals surface area contributed by atoms with Crippen molar-refractivity contribution in [3.8, 4) is 11.1 Å². The Morgan fingerprint density at radius 2 is 2.11 bits per heavy atom. The molecule has 3 rings (SSSR count). The van der Waals surface area contributed by atoms with Gasteiger partial charge in [0.15, 0.2) is 0 Å². The van der Waals surface area contributed by atoms with Gasteiger partial charge in [-0.25, -0.2) is 0 Å². The van der Waals surface area contributed by atoms with Gasteiger partial charge in [-0.2, -0.15) is 5.10 Å². The maximum Gasteiger partial charge on any atom is 0.0644 e. The Morgan fingerprint density at radius 1 is 1.21 bits per heavy atom. The molecule has 1 atom stereocenters. The average molecular weight is 255 g/mol. The summed E-state index contributed by atoms with van der Waals surface area (Å²) in [5.41, 5.74) is 5.16. The molecule has 1 aliphatic rings. The minimum atomic E-state index is 0.508. The summed E-state index contributed by atoms with van der Waals surface area (Å²) in [6.45, 7) is 6.49. The van der Waals surface area contributed by atoms with Crippen LogP contribution < -0.4 is 5.32 Å². The summed E-state index contributed by atoms with van der Waals surface area (Å²) in [7, 11) is 0. The number of aryl methyl sites for hydroxylation is 2. The molecule has 0 bridgehead atoms. The van der Waals surface area contributed by atoms with Gasteiger partial charge < -0.3 is 5.32 Å². The van der Waals surface area contributed by atoms with Crippen LogP contribution in [-0.2, 0) is 0 Å². The largest absolute Gasteiger partial charge is 0.315 e. The van der Waals surface area contributed by atoms with Crippen LogP contribution >= 0.6 is 0 Å². The van der Waals surface area contributed by atoms with Crippen molar-refractivity contribution in [2.45, 2.75) is 32.7 Å². The quantitative estimate of drug-likeness (QED) is 0.893. The van der Waals surface area contributed by atoms with Gasteiger partial charge in [0.05, 0.1) is 12.2 Å². The molecule has 0 aliphatic carbocycles. The zero-order valence-electron chi connectivity index (χ0n) is 11.7. The van der Waals surface area contributed by atoms with Crippen LogP contribution in [0, 0.1) is 13.8 Å². The normalized spacial score (nSPS) is 19.6. The van der Waals surface area contributed by atoms with E-state index < -0.39 is 0 Å². The molecule has 1 aliphatic heterocycles. The fourth-order valence-electron chi connectivity index (χ4n) is 2.67. The van der Waals surface area contributed by atoms with E-state index in [-0.39, 0.29) is 0 Å². The predicted octanol–water partition coefficient (Wildman–Crippen LogP) is 3.09. The lowest BCUT2D eigenvalue weighted by Gasteiger charge is -2.22. The number of hydrogen-bond donors (Lipinski definition) is 1. The number of hydrogen-bond acceptors (Lipinski definition) is 2. The monoisotopic (exact) mass is 255 g/mol. The highest BCUT2D eigenvalue weighted by molar-refractivity contribution is 5.63. The van der Waals surface area contributed by atoms with Crippen molar-refractivity contribution < 1.29 is 0 Å². The van der Waals surface area contributed by atoms with E-state index in [2.05, 4.69) is 53.3 Å². The lowest BCUT2D eigenvalue weighted by Crippen LogP contribution is -2.31. The van der Waals surface area contributed by atoms with E-state index in [0.29, 0.717) is 6.04 Å². The van der Waals surface area contributed by atoms with Crippen LogP contribution in [-0.4, -0.2) is 22.9 Å². The zero-order chi connectivity index (χ0) is 13.2. The van der Waals surface area contributed by atoms with Crippen molar-refractivity contribution in [2.24, 2.45) is 0 Å². The molecular formula is C16H21N3. The summed E-state index contributed by atoms with van der Waals surface area (Å²) in [4.78, 5) is 0. The van der Waals surface area contributed by atoms with Gasteiger partial charge in [-0.15, -0.1) is 0 Å². The van der Waals surface area contributed by atoms with Crippen LogP contribution in [0.2, 0.25) is 0 Å². The number of nitrogens with zero attached hydrogens (tertiary/aromatic N) is 2. The number of rotatable bonds is 2. The standard InChI is InChI=1S/C16H21N3/c1-12-5-6-14(8-13(12)2)15-9-18-19(11-15)16-4-3-7-17-10-16/h5-6,8-9,11,16-17H,3-4,7,10H2,1-2H3. The lowest BCUT2D eigenvalue weighted by atomic mass is 10.0. The maximum atomic E-state index is 4.55. The van der Waals surface area contributed by atoms with Crippen molar-refractivity contribution in [3.05, 3.63) is 41.7 Å². The van der Waals surface area contributed by atoms with E-state index in [1.54, 1.807) is 0 Å². The summed E-state index contributed by atoms with van der Waals surface area (Å²) in [5, 5.41) is 7.98. The summed E-state index contributed by atoms with van der Waals surface area (Å²) in [6, 6.07) is 7.12. The van der Waals surface area contributed by atoms with Gasteiger partial charge in [0.25, 0.3) is 0 Å². The molecule has 2 heterocycles. The SMILES string of the molecule is Cc1ccc(-c2cnn(C3CCCNC3)c2)cc1C. The van der Waals surface area contributed by atoms with Crippen LogP contribution in [0.4, 0.5) is 0 Å². The van der Waals surface area contributed by atoms with E-state index in [4.69, 9.17) is 0 Å². The fourth-order valence-corrected chi connectivity index (χ4v) is 2.67. The molecule has 0 radical (unpaired) electrons. The summed E-state index contributed by atoms with van der Waals surface area (Å²) < 4.78 is 2.12. The van der Waals surface area contributed by atoms with Crippen LogP contribution in [0.5, 0.6) is 0 Å². The van der Waals surface area contributed by atoms with E-state index in [1.807, 2.05) is 6.20 Å². The first-order valence-corrected chi connectivity index (χ1v) is 7.06. The second-order valence-electron chi connectivity index (χ2n) is 5.51. The molecule has 3 nitrogen and oxygen atoms in total. The predicted molar refractivity (Wildman–Crippen MR) is 78.3 cm³/mol. The maximum absolute atomic E-state index is 4.55. The third-order valence-corrected chi connectivity index (χ3v) is 4.09. The zero-order valence-corrected chi connectivity index (χ0v) is 11.7. The summed E-state index contributed by atoms with van der Waals surface area (Å²) >= 11 is 0. The van der Waals surface area contributed by atoms with Crippen LogP contribution in [0.1, 0.15) is 30.0 Å². The van der Waals surface area contributed by atoms with Crippen molar-refractivity contribution in [1.82, 2.24) is 15.1 Å². The first-order valence-electron chi connectivity index (χ1n) is 7.06. The molecule has 1 aromatic heterocycles. The molecule has 3 heteroatoms. The van der Waals surface area contributed by atoms with E-state index in [0.717, 1.165) is 13.1 Å². The van der Waals surface area contributed by atoms with Gasteiger partial charge in [-0.1, -0.05) is 18.2 Å². The lowest BCUT2D eigenvalue weighted by molar-refractivity contribution is 0.347. The molecule has 0 spiro atoms. The highest BCUT2D eigenvalue weighted by Gasteiger charge is 2.15. The van der Waals surface area contributed by atoms with Crippen molar-refractivity contribution in [1.29, 1.82) is 0 Å². The molecule has 0 amide bonds. The van der Waals surface area contributed by atoms with Gasteiger partial charge in [0, 0.05) is 18.3 Å². The summed E-state index contributed by atoms with van der Waals surface area (Å²) in [5.74, 6) is 0. The topological polar surface area (TPSA) is 29.9 Å². The third-order valence-electron chi connectivity index (χ3n) is 4.09. The molecule has 1 N–H and O–H groups in total. The Morgan fingerprint density at radius 3 is 2.84 bits per heavy atom. The molecule has 1 fully saturated rings. The van der Waals surface area contributed by atoms with Crippen molar-refractivity contribution in [3.63, 3.8) is 0 Å². The van der Waals surface area contributed by atoms with Gasteiger partial charge in [-0.3, -0.25) is 4.68 Å². The second kappa shape index (κ2) is 5.17. The van der Waals surface area contributed by atoms with Crippen LogP contribution in [0.15, 0.2) is 30.6 Å². The highest BCUT2D eigenvalue weighted by atomic mass is 15.3. The van der Waals surface area contributed by atoms with Crippen molar-refractivity contribution >= 4 is 0 Å². The molecule has 100 valence electrons. The molecule has 1 saturated heterocycles. The minimum absolute atomic E-state index is 0.508. The first kappa shape index (κ1) is 12.4.